The Morgan fingerprint density at radius 2 is 2.00 bits per heavy atom. The maximum absolute atomic E-state index is 10.3. The van der Waals surface area contributed by atoms with Crippen LogP contribution in [-0.2, 0) is 5.60 Å². The van der Waals surface area contributed by atoms with E-state index in [9.17, 15) is 10.2 Å². The first-order chi connectivity index (χ1) is 15.7. The maximum atomic E-state index is 10.3. The number of nitrogens with one attached hydrogen (secondary N) is 1. The van der Waals surface area contributed by atoms with Crippen molar-refractivity contribution in [1.29, 1.82) is 0 Å². The van der Waals surface area contributed by atoms with Crippen molar-refractivity contribution in [3.63, 3.8) is 0 Å². The third-order valence-corrected chi connectivity index (χ3v) is 7.60. The molecule has 7 nitrogen and oxygen atoms in total. The van der Waals surface area contributed by atoms with Gasteiger partial charge < -0.3 is 19.5 Å². The largest absolute Gasteiger partial charge is 0.456 e. The van der Waals surface area contributed by atoms with Gasteiger partial charge in [0.2, 0.25) is 0 Å². The monoisotopic (exact) mass is 480 g/mol. The van der Waals surface area contributed by atoms with Gasteiger partial charge in [-0.25, -0.2) is 4.98 Å². The molecule has 33 heavy (non-hydrogen) atoms. The maximum Gasteiger partial charge on any atom is 0.187 e. The number of nitrogens with zero attached hydrogens (tertiary/aromatic N) is 3. The zero-order valence-electron chi connectivity index (χ0n) is 18.7. The number of aliphatic hydroxyl groups is 2. The van der Waals surface area contributed by atoms with Crippen LogP contribution in [0, 0.1) is 6.92 Å². The summed E-state index contributed by atoms with van der Waals surface area (Å²) in [5.74, 6) is 1.43. The van der Waals surface area contributed by atoms with Crippen LogP contribution in [0.15, 0.2) is 48.0 Å². The van der Waals surface area contributed by atoms with Gasteiger partial charge in [0.15, 0.2) is 6.35 Å². The average Bonchev–Trinajstić information content (AvgIpc) is 3.49. The predicted molar refractivity (Wildman–Crippen MR) is 133 cm³/mol. The molecule has 0 unspecified atom stereocenters. The van der Waals surface area contributed by atoms with E-state index in [4.69, 9.17) is 4.74 Å². The lowest BCUT2D eigenvalue weighted by Gasteiger charge is -2.15. The van der Waals surface area contributed by atoms with Gasteiger partial charge in [-0.15, -0.1) is 22.7 Å². The second-order valence-corrected chi connectivity index (χ2v) is 10.3. The van der Waals surface area contributed by atoms with Crippen molar-refractivity contribution >= 4 is 43.8 Å². The summed E-state index contributed by atoms with van der Waals surface area (Å²) in [7, 11) is 1.72. The molecule has 170 valence electrons. The fourth-order valence-electron chi connectivity index (χ4n) is 3.76. The Kier molecular flexibility index (Phi) is 5.46. The predicted octanol–water partition coefficient (Wildman–Crippen LogP) is 5.37. The fourth-order valence-corrected chi connectivity index (χ4v) is 5.87. The lowest BCUT2D eigenvalue weighted by Crippen LogP contribution is -2.23. The first kappa shape index (κ1) is 22.0. The Labute approximate surface area is 198 Å². The molecule has 0 aliphatic heterocycles. The van der Waals surface area contributed by atoms with Crippen molar-refractivity contribution in [3.05, 3.63) is 59.4 Å². The number of pyridine rings is 1. The number of aryl methyl sites for hydroxylation is 1. The molecule has 1 atom stereocenters. The second kappa shape index (κ2) is 8.19. The van der Waals surface area contributed by atoms with Gasteiger partial charge >= 0.3 is 0 Å². The van der Waals surface area contributed by atoms with E-state index in [1.54, 1.807) is 38.4 Å². The number of thiazole rings is 1. The Morgan fingerprint density at radius 1 is 1.18 bits per heavy atom. The van der Waals surface area contributed by atoms with E-state index in [0.29, 0.717) is 11.4 Å². The molecule has 0 aliphatic carbocycles. The Hall–Kier alpha value is -2.82. The molecule has 4 heterocycles. The highest BCUT2D eigenvalue weighted by Gasteiger charge is 2.21. The highest BCUT2D eigenvalue weighted by atomic mass is 32.1. The minimum atomic E-state index is -0.975. The molecule has 5 rings (SSSR count). The van der Waals surface area contributed by atoms with Gasteiger partial charge in [-0.1, -0.05) is 0 Å². The van der Waals surface area contributed by atoms with Crippen molar-refractivity contribution in [2.24, 2.45) is 0 Å². The van der Waals surface area contributed by atoms with Gasteiger partial charge in [0, 0.05) is 28.7 Å². The molecule has 0 spiro atoms. The summed E-state index contributed by atoms with van der Waals surface area (Å²) in [6, 6.07) is 11.7. The number of fused-ring (bicyclic) bond motifs is 2. The number of hydrogen-bond acceptors (Lipinski definition) is 8. The van der Waals surface area contributed by atoms with Gasteiger partial charge in [-0.2, -0.15) is 0 Å². The van der Waals surface area contributed by atoms with Crippen molar-refractivity contribution < 1.29 is 14.9 Å². The van der Waals surface area contributed by atoms with Gasteiger partial charge in [-0.05, 0) is 58.2 Å². The first-order valence-electron chi connectivity index (χ1n) is 10.5. The standard InChI is InChI=1S/C24H24N4O3S2/c1-13-9-14-10-15(5-6-17(14)28(13)23(29)25-4)31-18-7-8-26-16-11-19(33-21(16)18)22-27-20(12-32-22)24(2,3)30/h5-12,23,25,29-30H,1-4H3/t23-/m0/s1. The lowest BCUT2D eigenvalue weighted by molar-refractivity contribution is 0.0746. The molecule has 0 amide bonds. The molecule has 0 aliphatic rings. The summed E-state index contributed by atoms with van der Waals surface area (Å²) in [4.78, 5) is 10.1. The minimum absolute atomic E-state index is 0.656. The van der Waals surface area contributed by atoms with Crippen molar-refractivity contribution in [1.82, 2.24) is 19.9 Å². The molecule has 0 radical (unpaired) electrons. The molecule has 0 saturated heterocycles. The van der Waals surface area contributed by atoms with E-state index < -0.39 is 12.0 Å². The van der Waals surface area contributed by atoms with Crippen LogP contribution in [0.25, 0.3) is 31.0 Å². The van der Waals surface area contributed by atoms with Gasteiger partial charge in [0.25, 0.3) is 0 Å². The van der Waals surface area contributed by atoms with E-state index in [1.807, 2.05) is 53.3 Å². The highest BCUT2D eigenvalue weighted by molar-refractivity contribution is 7.25. The van der Waals surface area contributed by atoms with Crippen molar-refractivity contribution in [2.75, 3.05) is 7.05 Å². The molecular formula is C24H24N4O3S2. The average molecular weight is 481 g/mol. The lowest BCUT2D eigenvalue weighted by atomic mass is 10.1. The van der Waals surface area contributed by atoms with Gasteiger partial charge in [0.1, 0.15) is 22.1 Å². The Bertz CT molecular complexity index is 1460. The topological polar surface area (TPSA) is 92.4 Å². The zero-order valence-corrected chi connectivity index (χ0v) is 20.3. The van der Waals surface area contributed by atoms with Crippen LogP contribution in [0.2, 0.25) is 0 Å². The van der Waals surface area contributed by atoms with Crippen LogP contribution >= 0.6 is 22.7 Å². The summed E-state index contributed by atoms with van der Waals surface area (Å²) in [5, 5.41) is 27.1. The van der Waals surface area contributed by atoms with E-state index in [-0.39, 0.29) is 0 Å². The van der Waals surface area contributed by atoms with Crippen molar-refractivity contribution in [3.8, 4) is 21.4 Å². The third kappa shape index (κ3) is 4.03. The molecule has 0 saturated carbocycles. The Morgan fingerprint density at radius 3 is 2.73 bits per heavy atom. The van der Waals surface area contributed by atoms with E-state index in [2.05, 4.69) is 15.3 Å². The third-order valence-electron chi connectivity index (χ3n) is 5.45. The van der Waals surface area contributed by atoms with E-state index >= 15 is 0 Å². The molecule has 9 heteroatoms. The summed E-state index contributed by atoms with van der Waals surface area (Å²) in [5.41, 5.74) is 2.39. The summed E-state index contributed by atoms with van der Waals surface area (Å²) in [6.45, 7) is 5.43. The molecule has 5 aromatic rings. The quantitative estimate of drug-likeness (QED) is 0.283. The van der Waals surface area contributed by atoms with Crippen LogP contribution in [0.5, 0.6) is 11.5 Å². The highest BCUT2D eigenvalue weighted by Crippen LogP contribution is 2.41. The minimum Gasteiger partial charge on any atom is -0.456 e. The molecular weight excluding hydrogens is 456 g/mol. The summed E-state index contributed by atoms with van der Waals surface area (Å²) >= 11 is 3.08. The molecule has 1 aromatic carbocycles. The number of ether oxygens (including phenoxy) is 1. The SMILES string of the molecule is CN[C@H](O)n1c(C)cc2cc(Oc3ccnc4cc(-c5nc(C(C)(C)O)cs5)sc34)ccc21. The second-order valence-electron chi connectivity index (χ2n) is 8.37. The number of rotatable bonds is 6. The van der Waals surface area contributed by atoms with E-state index in [0.717, 1.165) is 42.4 Å². The number of benzene rings is 1. The molecule has 4 aromatic heterocycles. The van der Waals surface area contributed by atoms with Crippen LogP contribution in [0.1, 0.15) is 31.6 Å². The number of aromatic nitrogens is 3. The van der Waals surface area contributed by atoms with Gasteiger partial charge in [0.05, 0.1) is 26.3 Å². The number of thiophene rings is 1. The Balaban J connectivity index is 1.49. The van der Waals surface area contributed by atoms with E-state index in [1.165, 1.54) is 11.3 Å². The van der Waals surface area contributed by atoms with Crippen molar-refractivity contribution in [2.45, 2.75) is 32.7 Å². The van der Waals surface area contributed by atoms with Crippen LogP contribution < -0.4 is 10.1 Å². The summed E-state index contributed by atoms with van der Waals surface area (Å²) in [6.07, 6.45) is 0.946. The number of hydrogen-bond donors (Lipinski definition) is 3. The van der Waals surface area contributed by atoms with Crippen LogP contribution in [0.3, 0.4) is 0 Å². The van der Waals surface area contributed by atoms with Crippen LogP contribution in [-0.4, -0.2) is 31.8 Å². The normalized spacial score (nSPS) is 13.2. The summed E-state index contributed by atoms with van der Waals surface area (Å²) < 4.78 is 9.05. The molecule has 0 bridgehead atoms. The number of aliphatic hydroxyl groups excluding tert-OH is 1. The molecule has 3 N–H and O–H groups in total. The first-order valence-corrected chi connectivity index (χ1v) is 12.2. The smallest absolute Gasteiger partial charge is 0.187 e. The van der Waals surface area contributed by atoms with Crippen LogP contribution in [0.4, 0.5) is 0 Å². The molecule has 0 fully saturated rings. The van der Waals surface area contributed by atoms with Gasteiger partial charge in [-0.3, -0.25) is 10.3 Å². The zero-order chi connectivity index (χ0) is 23.3. The fraction of sp³-hybridized carbons (Fsp3) is 0.250.